The Labute approximate surface area is 115 Å². The summed E-state index contributed by atoms with van der Waals surface area (Å²) in [6.07, 6.45) is 0. The molecule has 0 bridgehead atoms. The van der Waals surface area contributed by atoms with Crippen LogP contribution < -0.4 is 0 Å². The number of halogens is 2. The molecular weight excluding hydrogens is 258 g/mol. The van der Waals surface area contributed by atoms with Gasteiger partial charge >= 0.3 is 0 Å². The standard InChI is InChI=1S/C16H12F2N2/c1-10-14(12-8-5-9-13(17)15(12)18)16(20-19-10)11-6-3-2-4-7-11/h2-9H,1H3,(H,19,20). The van der Waals surface area contributed by atoms with Crippen LogP contribution in [0.25, 0.3) is 22.4 Å². The van der Waals surface area contributed by atoms with E-state index in [-0.39, 0.29) is 5.56 Å². The number of rotatable bonds is 2. The van der Waals surface area contributed by atoms with Crippen LogP contribution >= 0.6 is 0 Å². The molecule has 20 heavy (non-hydrogen) atoms. The van der Waals surface area contributed by atoms with Crippen LogP contribution in [0.3, 0.4) is 0 Å². The molecule has 0 aliphatic carbocycles. The van der Waals surface area contributed by atoms with Crippen LogP contribution in [0.5, 0.6) is 0 Å². The van der Waals surface area contributed by atoms with Gasteiger partial charge in [0.05, 0.1) is 0 Å². The van der Waals surface area contributed by atoms with Crippen molar-refractivity contribution < 1.29 is 8.78 Å². The highest BCUT2D eigenvalue weighted by Crippen LogP contribution is 2.34. The SMILES string of the molecule is Cc1[nH]nc(-c2ccccc2)c1-c1cccc(F)c1F. The van der Waals surface area contributed by atoms with Gasteiger partial charge in [0.25, 0.3) is 0 Å². The van der Waals surface area contributed by atoms with E-state index in [1.165, 1.54) is 6.07 Å². The molecule has 0 fully saturated rings. The molecule has 2 nitrogen and oxygen atoms in total. The molecule has 0 unspecified atom stereocenters. The molecule has 0 spiro atoms. The third-order valence-corrected chi connectivity index (χ3v) is 3.22. The summed E-state index contributed by atoms with van der Waals surface area (Å²) in [5.74, 6) is -1.71. The first-order valence-corrected chi connectivity index (χ1v) is 6.23. The zero-order valence-electron chi connectivity index (χ0n) is 10.8. The van der Waals surface area contributed by atoms with Gasteiger partial charge in [-0.25, -0.2) is 8.78 Å². The van der Waals surface area contributed by atoms with Gasteiger partial charge in [-0.05, 0) is 13.0 Å². The van der Waals surface area contributed by atoms with Gasteiger partial charge in [-0.15, -0.1) is 0 Å². The summed E-state index contributed by atoms with van der Waals surface area (Å²) in [5, 5.41) is 7.06. The first kappa shape index (κ1) is 12.5. The van der Waals surface area contributed by atoms with E-state index in [0.717, 1.165) is 11.6 Å². The summed E-state index contributed by atoms with van der Waals surface area (Å²) >= 11 is 0. The molecule has 0 saturated carbocycles. The first-order valence-electron chi connectivity index (χ1n) is 6.23. The Morgan fingerprint density at radius 1 is 0.950 bits per heavy atom. The van der Waals surface area contributed by atoms with E-state index in [9.17, 15) is 8.78 Å². The lowest BCUT2D eigenvalue weighted by Crippen LogP contribution is -1.91. The van der Waals surface area contributed by atoms with Crippen molar-refractivity contribution in [2.24, 2.45) is 0 Å². The zero-order chi connectivity index (χ0) is 14.1. The summed E-state index contributed by atoms with van der Waals surface area (Å²) in [4.78, 5) is 0. The summed E-state index contributed by atoms with van der Waals surface area (Å²) in [5.41, 5.74) is 2.99. The summed E-state index contributed by atoms with van der Waals surface area (Å²) in [6, 6.07) is 13.6. The fourth-order valence-electron chi connectivity index (χ4n) is 2.26. The quantitative estimate of drug-likeness (QED) is 0.737. The average molecular weight is 270 g/mol. The summed E-state index contributed by atoms with van der Waals surface area (Å²) < 4.78 is 27.5. The summed E-state index contributed by atoms with van der Waals surface area (Å²) in [6.45, 7) is 1.79. The fraction of sp³-hybridized carbons (Fsp3) is 0.0625. The minimum absolute atomic E-state index is 0.218. The second kappa shape index (κ2) is 4.89. The predicted molar refractivity (Wildman–Crippen MR) is 74.1 cm³/mol. The molecule has 0 atom stereocenters. The number of aromatic nitrogens is 2. The van der Waals surface area contributed by atoms with Gasteiger partial charge in [0.2, 0.25) is 0 Å². The van der Waals surface area contributed by atoms with E-state index in [1.807, 2.05) is 30.3 Å². The van der Waals surface area contributed by atoms with Crippen LogP contribution in [0.15, 0.2) is 48.5 Å². The Morgan fingerprint density at radius 2 is 1.70 bits per heavy atom. The molecule has 0 aliphatic rings. The first-order chi connectivity index (χ1) is 9.68. The highest BCUT2D eigenvalue weighted by molar-refractivity contribution is 5.82. The van der Waals surface area contributed by atoms with Gasteiger partial charge in [-0.2, -0.15) is 5.10 Å². The molecule has 0 saturated heterocycles. The van der Waals surface area contributed by atoms with E-state index in [4.69, 9.17) is 0 Å². The third-order valence-electron chi connectivity index (χ3n) is 3.22. The highest BCUT2D eigenvalue weighted by Gasteiger charge is 2.18. The number of hydrogen-bond acceptors (Lipinski definition) is 1. The summed E-state index contributed by atoms with van der Waals surface area (Å²) in [7, 11) is 0. The van der Waals surface area contributed by atoms with Crippen molar-refractivity contribution in [3.63, 3.8) is 0 Å². The Hall–Kier alpha value is -2.49. The van der Waals surface area contributed by atoms with E-state index in [1.54, 1.807) is 13.0 Å². The minimum atomic E-state index is -0.859. The van der Waals surface area contributed by atoms with Crippen LogP contribution in [0.1, 0.15) is 5.69 Å². The maximum Gasteiger partial charge on any atom is 0.166 e. The van der Waals surface area contributed by atoms with E-state index in [2.05, 4.69) is 10.2 Å². The highest BCUT2D eigenvalue weighted by atomic mass is 19.2. The smallest absolute Gasteiger partial charge is 0.166 e. The van der Waals surface area contributed by atoms with Crippen LogP contribution in [-0.4, -0.2) is 10.2 Å². The number of aromatic amines is 1. The van der Waals surface area contributed by atoms with Crippen molar-refractivity contribution in [1.82, 2.24) is 10.2 Å². The van der Waals surface area contributed by atoms with Gasteiger partial charge in [-0.3, -0.25) is 5.10 Å². The third kappa shape index (κ3) is 1.99. The molecule has 0 amide bonds. The zero-order valence-corrected chi connectivity index (χ0v) is 10.8. The largest absolute Gasteiger partial charge is 0.282 e. The maximum atomic E-state index is 14.0. The molecular formula is C16H12F2N2. The monoisotopic (exact) mass is 270 g/mol. The van der Waals surface area contributed by atoms with Crippen molar-refractivity contribution >= 4 is 0 Å². The number of H-pyrrole nitrogens is 1. The van der Waals surface area contributed by atoms with Gasteiger partial charge in [-0.1, -0.05) is 42.5 Å². The van der Waals surface area contributed by atoms with Crippen LogP contribution in [0.2, 0.25) is 0 Å². The lowest BCUT2D eigenvalue weighted by Gasteiger charge is -2.06. The molecule has 1 N–H and O–H groups in total. The number of nitrogens with one attached hydrogen (secondary N) is 1. The molecule has 4 heteroatoms. The Kier molecular flexibility index (Phi) is 3.06. The van der Waals surface area contributed by atoms with Crippen LogP contribution in [0, 0.1) is 18.6 Å². The molecule has 3 aromatic rings. The van der Waals surface area contributed by atoms with Gasteiger partial charge in [0.15, 0.2) is 11.6 Å². The Morgan fingerprint density at radius 3 is 2.45 bits per heavy atom. The lowest BCUT2D eigenvalue weighted by molar-refractivity contribution is 0.511. The van der Waals surface area contributed by atoms with Crippen LogP contribution in [-0.2, 0) is 0 Å². The van der Waals surface area contributed by atoms with Gasteiger partial charge in [0.1, 0.15) is 5.69 Å². The molecule has 0 aliphatic heterocycles. The minimum Gasteiger partial charge on any atom is -0.282 e. The molecule has 100 valence electrons. The lowest BCUT2D eigenvalue weighted by atomic mass is 9.99. The van der Waals surface area contributed by atoms with Crippen molar-refractivity contribution in [2.75, 3.05) is 0 Å². The van der Waals surface area contributed by atoms with E-state index >= 15 is 0 Å². The predicted octanol–water partition coefficient (Wildman–Crippen LogP) is 4.33. The van der Waals surface area contributed by atoms with E-state index in [0.29, 0.717) is 17.0 Å². The molecule has 1 aromatic heterocycles. The second-order valence-corrected chi connectivity index (χ2v) is 4.54. The van der Waals surface area contributed by atoms with E-state index < -0.39 is 11.6 Å². The normalized spacial score (nSPS) is 10.8. The van der Waals surface area contributed by atoms with Crippen molar-refractivity contribution in [1.29, 1.82) is 0 Å². The average Bonchev–Trinajstić information content (AvgIpc) is 2.85. The van der Waals surface area contributed by atoms with Crippen molar-refractivity contribution in [3.05, 3.63) is 65.9 Å². The van der Waals surface area contributed by atoms with Gasteiger partial charge in [0, 0.05) is 22.4 Å². The Bertz CT molecular complexity index is 748. The van der Waals surface area contributed by atoms with Crippen molar-refractivity contribution in [3.8, 4) is 22.4 Å². The maximum absolute atomic E-state index is 14.0. The number of hydrogen-bond donors (Lipinski definition) is 1. The fourth-order valence-corrected chi connectivity index (χ4v) is 2.26. The molecule has 2 aromatic carbocycles. The van der Waals surface area contributed by atoms with Crippen LogP contribution in [0.4, 0.5) is 8.78 Å². The van der Waals surface area contributed by atoms with Crippen molar-refractivity contribution in [2.45, 2.75) is 6.92 Å². The topological polar surface area (TPSA) is 28.7 Å². The molecule has 3 rings (SSSR count). The Balaban J connectivity index is 2.25. The van der Waals surface area contributed by atoms with Gasteiger partial charge < -0.3 is 0 Å². The number of aryl methyl sites for hydroxylation is 1. The molecule has 0 radical (unpaired) electrons. The molecule has 1 heterocycles. The number of benzene rings is 2. The second-order valence-electron chi connectivity index (χ2n) is 4.54. The number of nitrogens with zero attached hydrogens (tertiary/aromatic N) is 1.